The van der Waals surface area contributed by atoms with Gasteiger partial charge in [-0.1, -0.05) is 19.8 Å². The molecule has 0 spiro atoms. The molecule has 4 heteroatoms. The molecule has 0 radical (unpaired) electrons. The number of carbonyl (C=O) groups is 1. The van der Waals surface area contributed by atoms with E-state index in [-0.39, 0.29) is 19.1 Å². The lowest BCUT2D eigenvalue weighted by molar-refractivity contribution is -0.156. The molecule has 1 fully saturated rings. The van der Waals surface area contributed by atoms with Crippen LogP contribution in [0.25, 0.3) is 0 Å². The molecule has 15 heavy (non-hydrogen) atoms. The number of carboxylic acid groups (broad SMARTS) is 1. The van der Waals surface area contributed by atoms with E-state index in [4.69, 9.17) is 14.9 Å². The minimum Gasteiger partial charge on any atom is -0.479 e. The fraction of sp³-hybridized carbons (Fsp3) is 0.909. The number of rotatable bonds is 5. The number of aliphatic hydroxyl groups is 1. The molecule has 1 rings (SSSR count). The highest BCUT2D eigenvalue weighted by molar-refractivity contribution is 5.72. The van der Waals surface area contributed by atoms with Gasteiger partial charge in [0.1, 0.15) is 0 Å². The molecule has 3 unspecified atom stereocenters. The summed E-state index contributed by atoms with van der Waals surface area (Å²) < 4.78 is 5.19. The third-order valence-electron chi connectivity index (χ3n) is 3.04. The number of aliphatic hydroxyl groups excluding tert-OH is 1. The van der Waals surface area contributed by atoms with E-state index in [0.29, 0.717) is 5.92 Å². The molecule has 0 saturated heterocycles. The van der Waals surface area contributed by atoms with Crippen molar-refractivity contribution >= 4 is 5.97 Å². The number of hydrogen-bond donors (Lipinski definition) is 2. The molecule has 0 aromatic heterocycles. The van der Waals surface area contributed by atoms with Crippen LogP contribution in [0.1, 0.15) is 32.6 Å². The van der Waals surface area contributed by atoms with Crippen molar-refractivity contribution in [1.29, 1.82) is 0 Å². The van der Waals surface area contributed by atoms with Crippen LogP contribution in [0.2, 0.25) is 0 Å². The SMILES string of the molecule is CC1CCCC(C(OCCO)C(=O)O)C1. The zero-order valence-electron chi connectivity index (χ0n) is 9.19. The lowest BCUT2D eigenvalue weighted by Crippen LogP contribution is -2.35. The Labute approximate surface area is 90.2 Å². The maximum absolute atomic E-state index is 11.0. The molecule has 1 aliphatic rings. The minimum atomic E-state index is -0.900. The summed E-state index contributed by atoms with van der Waals surface area (Å²) in [7, 11) is 0. The van der Waals surface area contributed by atoms with E-state index in [0.717, 1.165) is 19.3 Å². The molecule has 3 atom stereocenters. The summed E-state index contributed by atoms with van der Waals surface area (Å²) in [5.41, 5.74) is 0. The van der Waals surface area contributed by atoms with Crippen LogP contribution in [-0.2, 0) is 9.53 Å². The third kappa shape index (κ3) is 3.80. The van der Waals surface area contributed by atoms with Crippen molar-refractivity contribution in [1.82, 2.24) is 0 Å². The van der Waals surface area contributed by atoms with Crippen LogP contribution >= 0.6 is 0 Å². The maximum Gasteiger partial charge on any atom is 0.333 e. The molecule has 0 aliphatic heterocycles. The van der Waals surface area contributed by atoms with Crippen LogP contribution < -0.4 is 0 Å². The molecule has 1 saturated carbocycles. The van der Waals surface area contributed by atoms with E-state index in [1.807, 2.05) is 0 Å². The van der Waals surface area contributed by atoms with Gasteiger partial charge in [-0.3, -0.25) is 0 Å². The van der Waals surface area contributed by atoms with Crippen LogP contribution in [0.15, 0.2) is 0 Å². The molecule has 88 valence electrons. The van der Waals surface area contributed by atoms with E-state index in [1.54, 1.807) is 0 Å². The zero-order chi connectivity index (χ0) is 11.3. The smallest absolute Gasteiger partial charge is 0.333 e. The number of hydrogen-bond acceptors (Lipinski definition) is 3. The van der Waals surface area contributed by atoms with Gasteiger partial charge in [0.2, 0.25) is 0 Å². The molecule has 0 aromatic rings. The van der Waals surface area contributed by atoms with E-state index in [9.17, 15) is 4.79 Å². The highest BCUT2D eigenvalue weighted by Crippen LogP contribution is 2.32. The van der Waals surface area contributed by atoms with Gasteiger partial charge in [-0.2, -0.15) is 0 Å². The van der Waals surface area contributed by atoms with Crippen molar-refractivity contribution in [2.75, 3.05) is 13.2 Å². The maximum atomic E-state index is 11.0. The molecule has 0 amide bonds. The fourth-order valence-corrected chi connectivity index (χ4v) is 2.34. The molecule has 1 aliphatic carbocycles. The predicted molar refractivity (Wildman–Crippen MR) is 55.6 cm³/mol. The lowest BCUT2D eigenvalue weighted by atomic mass is 9.79. The van der Waals surface area contributed by atoms with Gasteiger partial charge in [-0.15, -0.1) is 0 Å². The van der Waals surface area contributed by atoms with Gasteiger partial charge in [-0.25, -0.2) is 4.79 Å². The van der Waals surface area contributed by atoms with Crippen LogP contribution in [-0.4, -0.2) is 35.5 Å². The Morgan fingerprint density at radius 1 is 1.53 bits per heavy atom. The van der Waals surface area contributed by atoms with Crippen molar-refractivity contribution < 1.29 is 19.7 Å². The zero-order valence-corrected chi connectivity index (χ0v) is 9.19. The lowest BCUT2D eigenvalue weighted by Gasteiger charge is -2.30. The van der Waals surface area contributed by atoms with E-state index in [1.165, 1.54) is 6.42 Å². The van der Waals surface area contributed by atoms with E-state index >= 15 is 0 Å². The first kappa shape index (κ1) is 12.5. The summed E-state index contributed by atoms with van der Waals surface area (Å²) in [4.78, 5) is 11.0. The van der Waals surface area contributed by atoms with E-state index < -0.39 is 12.1 Å². The molecular formula is C11H20O4. The van der Waals surface area contributed by atoms with Gasteiger partial charge < -0.3 is 14.9 Å². The Bertz CT molecular complexity index is 205. The summed E-state index contributed by atoms with van der Waals surface area (Å²) in [5, 5.41) is 17.7. The largest absolute Gasteiger partial charge is 0.479 e. The summed E-state index contributed by atoms with van der Waals surface area (Å²) in [6.07, 6.45) is 3.37. The average Bonchev–Trinajstić information content (AvgIpc) is 2.18. The van der Waals surface area contributed by atoms with Crippen molar-refractivity contribution in [3.8, 4) is 0 Å². The Balaban J connectivity index is 2.50. The van der Waals surface area contributed by atoms with Crippen molar-refractivity contribution in [2.24, 2.45) is 11.8 Å². The van der Waals surface area contributed by atoms with Gasteiger partial charge in [-0.05, 0) is 24.7 Å². The standard InChI is InChI=1S/C11H20O4/c1-8-3-2-4-9(7-8)10(11(13)14)15-6-5-12/h8-10,12H,2-7H2,1H3,(H,13,14). The third-order valence-corrected chi connectivity index (χ3v) is 3.04. The molecule has 4 nitrogen and oxygen atoms in total. The van der Waals surface area contributed by atoms with Gasteiger partial charge >= 0.3 is 5.97 Å². The first-order valence-electron chi connectivity index (χ1n) is 5.60. The molecular weight excluding hydrogens is 196 g/mol. The van der Waals surface area contributed by atoms with Crippen molar-refractivity contribution in [2.45, 2.75) is 38.7 Å². The number of carboxylic acids is 1. The second kappa shape index (κ2) is 6.08. The van der Waals surface area contributed by atoms with Crippen LogP contribution in [0.5, 0.6) is 0 Å². The summed E-state index contributed by atoms with van der Waals surface area (Å²) in [5.74, 6) is -0.205. The van der Waals surface area contributed by atoms with Crippen molar-refractivity contribution in [3.63, 3.8) is 0 Å². The topological polar surface area (TPSA) is 66.8 Å². The minimum absolute atomic E-state index is 0.109. The first-order chi connectivity index (χ1) is 7.15. The first-order valence-corrected chi connectivity index (χ1v) is 5.60. The van der Waals surface area contributed by atoms with Gasteiger partial charge in [0.05, 0.1) is 13.2 Å². The molecule has 0 bridgehead atoms. The van der Waals surface area contributed by atoms with Crippen LogP contribution in [0.4, 0.5) is 0 Å². The van der Waals surface area contributed by atoms with Gasteiger partial charge in [0.25, 0.3) is 0 Å². The Morgan fingerprint density at radius 2 is 2.27 bits per heavy atom. The average molecular weight is 216 g/mol. The molecule has 0 aromatic carbocycles. The monoisotopic (exact) mass is 216 g/mol. The van der Waals surface area contributed by atoms with Gasteiger partial charge in [0, 0.05) is 0 Å². The van der Waals surface area contributed by atoms with Crippen LogP contribution in [0, 0.1) is 11.8 Å². The predicted octanol–water partition coefficient (Wildman–Crippen LogP) is 1.27. The second-order valence-corrected chi connectivity index (χ2v) is 4.39. The Kier molecular flexibility index (Phi) is 5.05. The molecule has 2 N–H and O–H groups in total. The fourth-order valence-electron chi connectivity index (χ4n) is 2.34. The van der Waals surface area contributed by atoms with Crippen LogP contribution in [0.3, 0.4) is 0 Å². The summed E-state index contributed by atoms with van der Waals surface area (Å²) >= 11 is 0. The summed E-state index contributed by atoms with van der Waals surface area (Å²) in [6.45, 7) is 2.14. The number of ether oxygens (including phenoxy) is 1. The number of aliphatic carboxylic acids is 1. The normalized spacial score (nSPS) is 28.7. The van der Waals surface area contributed by atoms with E-state index in [2.05, 4.69) is 6.92 Å². The summed E-state index contributed by atoms with van der Waals surface area (Å²) in [6, 6.07) is 0. The Hall–Kier alpha value is -0.610. The highest BCUT2D eigenvalue weighted by atomic mass is 16.5. The highest BCUT2D eigenvalue weighted by Gasteiger charge is 2.32. The molecule has 0 heterocycles. The second-order valence-electron chi connectivity index (χ2n) is 4.39. The van der Waals surface area contributed by atoms with Gasteiger partial charge in [0.15, 0.2) is 6.10 Å². The quantitative estimate of drug-likeness (QED) is 0.726. The van der Waals surface area contributed by atoms with Crippen molar-refractivity contribution in [3.05, 3.63) is 0 Å². The Morgan fingerprint density at radius 3 is 2.80 bits per heavy atom.